The lowest BCUT2D eigenvalue weighted by molar-refractivity contribution is 0.590. The van der Waals surface area contributed by atoms with Gasteiger partial charge >= 0.3 is 0 Å². The van der Waals surface area contributed by atoms with Crippen LogP contribution in [-0.2, 0) is 10.8 Å². The fourth-order valence-electron chi connectivity index (χ4n) is 14.5. The number of rotatable bonds is 6. The van der Waals surface area contributed by atoms with Crippen LogP contribution < -0.4 is 21.3 Å². The Kier molecular flexibility index (Phi) is 10.6. The normalized spacial score (nSPS) is 13.0. The van der Waals surface area contributed by atoms with Crippen LogP contribution in [0, 0.1) is 0 Å². The van der Waals surface area contributed by atoms with E-state index >= 15 is 0 Å². The number of aromatic nitrogens is 2. The number of nitrogens with zero attached hydrogens (tertiary/aromatic N) is 3. The summed E-state index contributed by atoms with van der Waals surface area (Å²) in [6.45, 7) is 13.7. The molecule has 0 unspecified atom stereocenters. The van der Waals surface area contributed by atoms with Gasteiger partial charge in [-0.2, -0.15) is 0 Å². The molecule has 0 spiro atoms. The van der Waals surface area contributed by atoms with Crippen LogP contribution in [0.25, 0.3) is 121 Å². The van der Waals surface area contributed by atoms with Crippen molar-refractivity contribution in [3.63, 3.8) is 0 Å². The molecule has 0 radical (unpaired) electrons. The van der Waals surface area contributed by atoms with Crippen LogP contribution in [0.1, 0.15) is 52.7 Å². The predicted octanol–water partition coefficient (Wildman–Crippen LogP) is 19.7. The zero-order chi connectivity index (χ0) is 57.0. The molecular weight excluding hydrogens is 1030 g/mol. The average molecular weight is 1090 g/mol. The molecule has 404 valence electrons. The second kappa shape index (κ2) is 18.2. The summed E-state index contributed by atoms with van der Waals surface area (Å²) in [6, 6.07) is 95.6. The van der Waals surface area contributed by atoms with E-state index in [-0.39, 0.29) is 17.5 Å². The van der Waals surface area contributed by atoms with Crippen molar-refractivity contribution in [3.8, 4) is 55.9 Å². The number of furan rings is 1. The molecule has 0 saturated carbocycles. The zero-order valence-corrected chi connectivity index (χ0v) is 48.6. The monoisotopic (exact) mass is 1090 g/mol. The van der Waals surface area contributed by atoms with Gasteiger partial charge in [-0.15, -0.1) is 0 Å². The van der Waals surface area contributed by atoms with Gasteiger partial charge < -0.3 is 18.5 Å². The fraction of sp³-hybridized carbons (Fsp3) is 0.100. The van der Waals surface area contributed by atoms with Crippen molar-refractivity contribution in [2.45, 2.75) is 52.4 Å². The number of anilines is 3. The van der Waals surface area contributed by atoms with Gasteiger partial charge in [-0.25, -0.2) is 0 Å². The van der Waals surface area contributed by atoms with Crippen molar-refractivity contribution < 1.29 is 4.42 Å². The van der Waals surface area contributed by atoms with Crippen LogP contribution >= 0.6 is 0 Å². The van der Waals surface area contributed by atoms with Crippen LogP contribution in [0.5, 0.6) is 0 Å². The van der Waals surface area contributed by atoms with E-state index in [2.05, 4.69) is 310 Å². The molecule has 0 N–H and O–H groups in total. The van der Waals surface area contributed by atoms with Crippen LogP contribution in [0.2, 0.25) is 0 Å². The van der Waals surface area contributed by atoms with Crippen LogP contribution in [0.15, 0.2) is 259 Å². The van der Waals surface area contributed by atoms with E-state index in [0.717, 1.165) is 61.4 Å². The minimum Gasteiger partial charge on any atom is -0.456 e. The Morgan fingerprint density at radius 1 is 0.341 bits per heavy atom. The maximum atomic E-state index is 7.20. The predicted molar refractivity (Wildman–Crippen MR) is 361 cm³/mol. The van der Waals surface area contributed by atoms with Gasteiger partial charge in [0.1, 0.15) is 11.2 Å². The van der Waals surface area contributed by atoms with Gasteiger partial charge in [0.25, 0.3) is 6.71 Å². The second-order valence-electron chi connectivity index (χ2n) is 25.6. The van der Waals surface area contributed by atoms with E-state index in [1.54, 1.807) is 0 Å². The number of fused-ring (bicyclic) bond motifs is 14. The fourth-order valence-corrected chi connectivity index (χ4v) is 14.5. The molecular formula is C80H60BN3O. The van der Waals surface area contributed by atoms with Gasteiger partial charge in [-0.05, 0) is 138 Å². The van der Waals surface area contributed by atoms with Gasteiger partial charge in [0, 0.05) is 71.7 Å². The summed E-state index contributed by atoms with van der Waals surface area (Å²) in [6.07, 6.45) is 0. The molecule has 0 aliphatic carbocycles. The molecule has 5 heteroatoms. The Labute approximate surface area is 495 Å². The molecule has 17 rings (SSSR count). The van der Waals surface area contributed by atoms with Gasteiger partial charge in [-0.1, -0.05) is 230 Å². The summed E-state index contributed by atoms with van der Waals surface area (Å²) in [7, 11) is 0. The third-order valence-electron chi connectivity index (χ3n) is 18.6. The van der Waals surface area contributed by atoms with E-state index in [1.165, 1.54) is 105 Å². The SMILES string of the molecule is CC(C)(C)c1cccc(-c2cccc(-c3cccc(C(C)(C)C)c3)c2N2c3cc4c(cc3B3c5c2cc(-c2ccccc2)cc5-n2c5ccc6c(c7ccccc7n6-c6ccccc6)c5c5cccc3c52)oc2cc(-c3ccccc3)ccc24)c1. The first-order chi connectivity index (χ1) is 41.4. The summed E-state index contributed by atoms with van der Waals surface area (Å²) < 4.78 is 12.3. The van der Waals surface area contributed by atoms with Gasteiger partial charge in [0.2, 0.25) is 0 Å². The third kappa shape index (κ3) is 7.42. The smallest absolute Gasteiger partial charge is 0.252 e. The number of hydrogen-bond acceptors (Lipinski definition) is 2. The molecule has 85 heavy (non-hydrogen) atoms. The standard InChI is InChI=1S/C80H60BN3O/c1-79(2,3)55-28-18-26-52(42-55)58-33-20-34-59(53-27-19-29-56(43-53)80(4,5)6)77(58)84-69-47-63-60-39-38-51(49-22-10-7-11-23-49)46-72(60)85-73(63)48-65(69)81-64-36-21-35-62-75-68(83(78(62)64)70-44-54(45-71(84)76(70)81)50-24-12-8-13-25-50)41-40-67-74(75)61-32-16-17-37-66(61)82(67)57-30-14-9-15-31-57/h7-48H,1-6H3. The highest BCUT2D eigenvalue weighted by atomic mass is 16.3. The minimum atomic E-state index is -0.163. The molecule has 0 fully saturated rings. The van der Waals surface area contributed by atoms with Gasteiger partial charge in [0.05, 0.1) is 22.2 Å². The largest absolute Gasteiger partial charge is 0.456 e. The highest BCUT2D eigenvalue weighted by Crippen LogP contribution is 2.52. The van der Waals surface area contributed by atoms with Crippen molar-refractivity contribution in [1.29, 1.82) is 0 Å². The summed E-state index contributed by atoms with van der Waals surface area (Å²) in [5.41, 5.74) is 27.8. The number of hydrogen-bond donors (Lipinski definition) is 0. The molecule has 0 atom stereocenters. The Balaban J connectivity index is 1.04. The summed E-state index contributed by atoms with van der Waals surface area (Å²) in [4.78, 5) is 2.68. The molecule has 2 aliphatic rings. The van der Waals surface area contributed by atoms with E-state index in [1.807, 2.05) is 0 Å². The maximum Gasteiger partial charge on any atom is 0.252 e. The molecule has 0 bridgehead atoms. The lowest BCUT2D eigenvalue weighted by Crippen LogP contribution is -2.60. The number of benzene rings is 12. The first-order valence-electron chi connectivity index (χ1n) is 29.9. The van der Waals surface area contributed by atoms with Crippen LogP contribution in [0.3, 0.4) is 0 Å². The van der Waals surface area contributed by atoms with E-state index in [9.17, 15) is 0 Å². The Bertz CT molecular complexity index is 5190. The zero-order valence-electron chi connectivity index (χ0n) is 48.6. The van der Waals surface area contributed by atoms with E-state index in [0.29, 0.717) is 0 Å². The third-order valence-corrected chi connectivity index (χ3v) is 18.6. The summed E-state index contributed by atoms with van der Waals surface area (Å²) >= 11 is 0. The van der Waals surface area contributed by atoms with E-state index < -0.39 is 0 Å². The van der Waals surface area contributed by atoms with Crippen molar-refractivity contribution in [1.82, 2.24) is 9.13 Å². The molecule has 12 aromatic carbocycles. The minimum absolute atomic E-state index is 0.0720. The van der Waals surface area contributed by atoms with Crippen molar-refractivity contribution in [3.05, 3.63) is 266 Å². The molecule has 15 aromatic rings. The Hall–Kier alpha value is -10.1. The van der Waals surface area contributed by atoms with Crippen LogP contribution in [0.4, 0.5) is 17.1 Å². The summed E-state index contributed by atoms with van der Waals surface area (Å²) in [5.74, 6) is 0. The Morgan fingerprint density at radius 2 is 0.894 bits per heavy atom. The summed E-state index contributed by atoms with van der Waals surface area (Å²) in [5, 5.41) is 7.20. The molecule has 2 aliphatic heterocycles. The van der Waals surface area contributed by atoms with E-state index in [4.69, 9.17) is 4.42 Å². The molecule has 0 saturated heterocycles. The highest BCUT2D eigenvalue weighted by Gasteiger charge is 2.44. The highest BCUT2D eigenvalue weighted by molar-refractivity contribution is 7.00. The molecule has 0 amide bonds. The molecule has 3 aromatic heterocycles. The van der Waals surface area contributed by atoms with Crippen LogP contribution in [-0.4, -0.2) is 15.8 Å². The van der Waals surface area contributed by atoms with Crippen molar-refractivity contribution in [2.24, 2.45) is 0 Å². The molecule has 5 heterocycles. The van der Waals surface area contributed by atoms with Gasteiger partial charge in [0.15, 0.2) is 0 Å². The second-order valence-corrected chi connectivity index (χ2v) is 25.6. The Morgan fingerprint density at radius 3 is 1.58 bits per heavy atom. The maximum absolute atomic E-state index is 7.20. The average Bonchev–Trinajstić information content (AvgIpc) is 1.72. The van der Waals surface area contributed by atoms with Crippen molar-refractivity contribution in [2.75, 3.05) is 4.90 Å². The first kappa shape index (κ1) is 49.5. The van der Waals surface area contributed by atoms with Crippen molar-refractivity contribution >= 4 is 106 Å². The number of para-hydroxylation sites is 4. The topological polar surface area (TPSA) is 26.2 Å². The molecule has 4 nitrogen and oxygen atoms in total. The first-order valence-corrected chi connectivity index (χ1v) is 29.9. The van der Waals surface area contributed by atoms with Gasteiger partial charge in [-0.3, -0.25) is 0 Å². The lowest BCUT2D eigenvalue weighted by Gasteiger charge is -2.42. The lowest BCUT2D eigenvalue weighted by atomic mass is 9.33. The quantitative estimate of drug-likeness (QED) is 0.155.